The van der Waals surface area contributed by atoms with Crippen LogP contribution in [0.2, 0.25) is 0 Å². The van der Waals surface area contributed by atoms with E-state index in [1.165, 1.54) is 24.8 Å². The van der Waals surface area contributed by atoms with E-state index in [1.54, 1.807) is 0 Å². The van der Waals surface area contributed by atoms with Crippen LogP contribution in [0.3, 0.4) is 0 Å². The molecule has 0 bridgehead atoms. The molecular weight excluding hydrogens is 188 g/mol. The summed E-state index contributed by atoms with van der Waals surface area (Å²) in [7, 11) is 0. The van der Waals surface area contributed by atoms with Crippen LogP contribution < -0.4 is 10.1 Å². The van der Waals surface area contributed by atoms with Crippen molar-refractivity contribution in [2.75, 3.05) is 11.9 Å². The van der Waals surface area contributed by atoms with Crippen LogP contribution in [-0.2, 0) is 6.42 Å². The molecule has 0 unspecified atom stereocenters. The molecular formula is C12H16N2O. The highest BCUT2D eigenvalue weighted by atomic mass is 16.5. The van der Waals surface area contributed by atoms with Crippen LogP contribution in [-0.4, -0.2) is 17.1 Å². The van der Waals surface area contributed by atoms with Crippen LogP contribution in [0.15, 0.2) is 12.3 Å². The second kappa shape index (κ2) is 3.12. The highest BCUT2D eigenvalue weighted by Crippen LogP contribution is 2.42. The molecule has 1 saturated carbocycles. The summed E-state index contributed by atoms with van der Waals surface area (Å²) >= 11 is 0. The van der Waals surface area contributed by atoms with Gasteiger partial charge in [-0.25, -0.2) is 4.98 Å². The fourth-order valence-electron chi connectivity index (χ4n) is 2.39. The first-order chi connectivity index (χ1) is 7.33. The fourth-order valence-corrected chi connectivity index (χ4v) is 2.39. The monoisotopic (exact) mass is 204 g/mol. The first kappa shape index (κ1) is 9.01. The number of pyridine rings is 1. The van der Waals surface area contributed by atoms with Gasteiger partial charge in [0.1, 0.15) is 6.61 Å². The van der Waals surface area contributed by atoms with Crippen LogP contribution in [0, 0.1) is 0 Å². The molecule has 3 nitrogen and oxygen atoms in total. The van der Waals surface area contributed by atoms with Crippen molar-refractivity contribution >= 4 is 5.82 Å². The second-order valence-corrected chi connectivity index (χ2v) is 4.55. The average molecular weight is 204 g/mol. The minimum Gasteiger partial charge on any atom is -0.487 e. The van der Waals surface area contributed by atoms with E-state index in [-0.39, 0.29) is 5.54 Å². The van der Waals surface area contributed by atoms with Crippen molar-refractivity contribution in [2.45, 2.75) is 38.1 Å². The maximum Gasteiger partial charge on any atom is 0.169 e. The Morgan fingerprint density at radius 3 is 3.07 bits per heavy atom. The van der Waals surface area contributed by atoms with E-state index in [9.17, 15) is 0 Å². The van der Waals surface area contributed by atoms with E-state index in [4.69, 9.17) is 4.74 Å². The number of aromatic nitrogens is 1. The van der Waals surface area contributed by atoms with Crippen molar-refractivity contribution in [1.82, 2.24) is 4.98 Å². The normalized spacial score (nSPS) is 21.1. The fraction of sp³-hybridized carbons (Fsp3) is 0.583. The number of aryl methyl sites for hydroxylation is 1. The summed E-state index contributed by atoms with van der Waals surface area (Å²) < 4.78 is 5.88. The van der Waals surface area contributed by atoms with Gasteiger partial charge in [-0.1, -0.05) is 6.92 Å². The standard InChI is InChI=1S/C12H16N2O/c1-2-9-4-7-13-11-10(9)15-8-12(14-11)5-3-6-12/h4,7H,2-3,5-6,8H2,1H3,(H,13,14). The Morgan fingerprint density at radius 2 is 2.40 bits per heavy atom. The van der Waals surface area contributed by atoms with E-state index < -0.39 is 0 Å². The number of nitrogens with one attached hydrogen (secondary N) is 1. The lowest BCUT2D eigenvalue weighted by Gasteiger charge is -2.45. The lowest BCUT2D eigenvalue weighted by Crippen LogP contribution is -2.52. The molecule has 1 aliphatic carbocycles. The molecule has 1 aromatic heterocycles. The lowest BCUT2D eigenvalue weighted by atomic mass is 9.77. The maximum absolute atomic E-state index is 5.88. The number of rotatable bonds is 1. The SMILES string of the molecule is CCc1ccnc2c1OCC1(CCC1)N2. The molecule has 3 rings (SSSR count). The van der Waals surface area contributed by atoms with Gasteiger partial charge in [-0.3, -0.25) is 0 Å². The topological polar surface area (TPSA) is 34.1 Å². The zero-order valence-electron chi connectivity index (χ0n) is 9.05. The van der Waals surface area contributed by atoms with Gasteiger partial charge in [0.25, 0.3) is 0 Å². The Labute approximate surface area is 89.9 Å². The van der Waals surface area contributed by atoms with Crippen LogP contribution in [0.5, 0.6) is 5.75 Å². The maximum atomic E-state index is 5.88. The number of fused-ring (bicyclic) bond motifs is 1. The predicted octanol–water partition coefficient (Wildman–Crippen LogP) is 2.37. The summed E-state index contributed by atoms with van der Waals surface area (Å²) in [5.74, 6) is 1.91. The minimum absolute atomic E-state index is 0.201. The van der Waals surface area contributed by atoms with Gasteiger partial charge < -0.3 is 10.1 Å². The van der Waals surface area contributed by atoms with Gasteiger partial charge in [0.05, 0.1) is 5.54 Å². The Morgan fingerprint density at radius 1 is 1.53 bits per heavy atom. The molecule has 2 heterocycles. The predicted molar refractivity (Wildman–Crippen MR) is 59.3 cm³/mol. The molecule has 1 fully saturated rings. The molecule has 0 radical (unpaired) electrons. The van der Waals surface area contributed by atoms with E-state index in [0.717, 1.165) is 24.6 Å². The molecule has 1 aliphatic heterocycles. The summed E-state index contributed by atoms with van der Waals surface area (Å²) in [6.45, 7) is 2.95. The summed E-state index contributed by atoms with van der Waals surface area (Å²) in [6.07, 6.45) is 6.60. The average Bonchev–Trinajstić information content (AvgIpc) is 2.25. The Hall–Kier alpha value is -1.25. The first-order valence-corrected chi connectivity index (χ1v) is 5.72. The third kappa shape index (κ3) is 1.29. The van der Waals surface area contributed by atoms with Crippen LogP contribution >= 0.6 is 0 Å². The summed E-state index contributed by atoms with van der Waals surface area (Å²) in [6, 6.07) is 2.04. The highest BCUT2D eigenvalue weighted by Gasteiger charge is 2.41. The van der Waals surface area contributed by atoms with Gasteiger partial charge in [-0.2, -0.15) is 0 Å². The second-order valence-electron chi connectivity index (χ2n) is 4.55. The van der Waals surface area contributed by atoms with Gasteiger partial charge in [0.15, 0.2) is 11.6 Å². The molecule has 1 aromatic rings. The van der Waals surface area contributed by atoms with Crippen molar-refractivity contribution in [2.24, 2.45) is 0 Å². The number of hydrogen-bond donors (Lipinski definition) is 1. The van der Waals surface area contributed by atoms with Crippen molar-refractivity contribution in [1.29, 1.82) is 0 Å². The molecule has 1 N–H and O–H groups in total. The van der Waals surface area contributed by atoms with E-state index in [1.807, 2.05) is 12.3 Å². The molecule has 1 spiro atoms. The molecule has 80 valence electrons. The lowest BCUT2D eigenvalue weighted by molar-refractivity contribution is 0.145. The van der Waals surface area contributed by atoms with Crippen molar-refractivity contribution in [3.8, 4) is 5.75 Å². The van der Waals surface area contributed by atoms with E-state index >= 15 is 0 Å². The van der Waals surface area contributed by atoms with Crippen molar-refractivity contribution in [3.63, 3.8) is 0 Å². The molecule has 0 atom stereocenters. The summed E-state index contributed by atoms with van der Waals surface area (Å²) in [4.78, 5) is 4.37. The number of hydrogen-bond acceptors (Lipinski definition) is 3. The molecule has 0 amide bonds. The number of ether oxygens (including phenoxy) is 1. The van der Waals surface area contributed by atoms with Gasteiger partial charge in [-0.05, 0) is 37.3 Å². The first-order valence-electron chi connectivity index (χ1n) is 5.72. The molecule has 15 heavy (non-hydrogen) atoms. The van der Waals surface area contributed by atoms with E-state index in [2.05, 4.69) is 17.2 Å². The Bertz CT molecular complexity index is 385. The van der Waals surface area contributed by atoms with Gasteiger partial charge in [0.2, 0.25) is 0 Å². The van der Waals surface area contributed by atoms with Gasteiger partial charge >= 0.3 is 0 Å². The quantitative estimate of drug-likeness (QED) is 0.762. The summed E-state index contributed by atoms with van der Waals surface area (Å²) in [5.41, 5.74) is 1.45. The highest BCUT2D eigenvalue weighted by molar-refractivity contribution is 5.58. The van der Waals surface area contributed by atoms with Crippen LogP contribution in [0.25, 0.3) is 0 Å². The number of nitrogens with zero attached hydrogens (tertiary/aromatic N) is 1. The van der Waals surface area contributed by atoms with Crippen molar-refractivity contribution in [3.05, 3.63) is 17.8 Å². The molecule has 0 aromatic carbocycles. The van der Waals surface area contributed by atoms with Gasteiger partial charge in [0, 0.05) is 6.20 Å². The third-order valence-corrected chi connectivity index (χ3v) is 3.55. The smallest absolute Gasteiger partial charge is 0.169 e. The zero-order valence-corrected chi connectivity index (χ0v) is 9.05. The number of anilines is 1. The van der Waals surface area contributed by atoms with Crippen LogP contribution in [0.4, 0.5) is 5.82 Å². The largest absolute Gasteiger partial charge is 0.487 e. The van der Waals surface area contributed by atoms with E-state index in [0.29, 0.717) is 0 Å². The molecule has 3 heteroatoms. The minimum atomic E-state index is 0.201. The van der Waals surface area contributed by atoms with Gasteiger partial charge in [-0.15, -0.1) is 0 Å². The van der Waals surface area contributed by atoms with Crippen LogP contribution in [0.1, 0.15) is 31.7 Å². The Balaban J connectivity index is 1.96. The molecule has 2 aliphatic rings. The molecule has 0 saturated heterocycles. The van der Waals surface area contributed by atoms with Crippen molar-refractivity contribution < 1.29 is 4.74 Å². The third-order valence-electron chi connectivity index (χ3n) is 3.55. The Kier molecular flexibility index (Phi) is 1.87. The summed E-state index contributed by atoms with van der Waals surface area (Å²) in [5, 5.41) is 3.55. The zero-order chi connectivity index (χ0) is 10.3.